The molecule has 0 aliphatic carbocycles. The SMILES string of the molecule is CC=N/C(=C\CCCOC1CCCCO1)CC(C)/C=C/C/C=C\C(=NC)c1ccccc1. The van der Waals surface area contributed by atoms with Crippen molar-refractivity contribution in [1.29, 1.82) is 0 Å². The van der Waals surface area contributed by atoms with E-state index in [0.29, 0.717) is 5.92 Å². The van der Waals surface area contributed by atoms with Gasteiger partial charge in [0.15, 0.2) is 6.29 Å². The molecule has 1 aromatic carbocycles. The van der Waals surface area contributed by atoms with Gasteiger partial charge in [-0.25, -0.2) is 0 Å². The number of hydrogen-bond acceptors (Lipinski definition) is 4. The van der Waals surface area contributed by atoms with Gasteiger partial charge in [-0.3, -0.25) is 9.98 Å². The Morgan fingerprint density at radius 2 is 2.06 bits per heavy atom. The molecule has 0 spiro atoms. The van der Waals surface area contributed by atoms with Crippen molar-refractivity contribution in [1.82, 2.24) is 0 Å². The van der Waals surface area contributed by atoms with Crippen molar-refractivity contribution in [3.8, 4) is 0 Å². The molecule has 0 amide bonds. The molecule has 0 bridgehead atoms. The highest BCUT2D eigenvalue weighted by Gasteiger charge is 2.13. The van der Waals surface area contributed by atoms with Gasteiger partial charge in [0, 0.05) is 25.6 Å². The fourth-order valence-electron chi connectivity index (χ4n) is 3.64. The summed E-state index contributed by atoms with van der Waals surface area (Å²) in [5.41, 5.74) is 3.31. The predicted octanol–water partition coefficient (Wildman–Crippen LogP) is 6.93. The Morgan fingerprint density at radius 3 is 2.78 bits per heavy atom. The van der Waals surface area contributed by atoms with Gasteiger partial charge in [-0.05, 0) is 69.4 Å². The maximum Gasteiger partial charge on any atom is 0.157 e. The minimum Gasteiger partial charge on any atom is -0.353 e. The maximum absolute atomic E-state index is 5.82. The van der Waals surface area contributed by atoms with E-state index in [4.69, 9.17) is 9.47 Å². The number of unbranched alkanes of at least 4 members (excludes halogenated alkanes) is 1. The quantitative estimate of drug-likeness (QED) is 0.191. The van der Waals surface area contributed by atoms with Crippen molar-refractivity contribution in [3.63, 3.8) is 0 Å². The van der Waals surface area contributed by atoms with Crippen LogP contribution in [0.4, 0.5) is 0 Å². The van der Waals surface area contributed by atoms with E-state index in [0.717, 1.165) is 68.7 Å². The number of nitrogens with zero attached hydrogens (tertiary/aromatic N) is 2. The minimum absolute atomic E-state index is 0.00689. The molecule has 1 saturated heterocycles. The largest absolute Gasteiger partial charge is 0.353 e. The highest BCUT2D eigenvalue weighted by Crippen LogP contribution is 2.17. The van der Waals surface area contributed by atoms with Gasteiger partial charge in [0.25, 0.3) is 0 Å². The number of allylic oxidation sites excluding steroid dienone is 6. The monoisotopic (exact) mass is 436 g/mol. The molecule has 2 atom stereocenters. The Labute approximate surface area is 194 Å². The summed E-state index contributed by atoms with van der Waals surface area (Å²) in [6.07, 6.45) is 20.1. The summed E-state index contributed by atoms with van der Waals surface area (Å²) in [6.45, 7) is 5.80. The summed E-state index contributed by atoms with van der Waals surface area (Å²) in [6, 6.07) is 10.3. The van der Waals surface area contributed by atoms with Crippen LogP contribution in [0.5, 0.6) is 0 Å². The lowest BCUT2D eigenvalue weighted by atomic mass is 10.0. The lowest BCUT2D eigenvalue weighted by Crippen LogP contribution is -2.22. The zero-order chi connectivity index (χ0) is 22.9. The average molecular weight is 437 g/mol. The molecular weight excluding hydrogens is 396 g/mol. The molecule has 0 N–H and O–H groups in total. The third-order valence-electron chi connectivity index (χ3n) is 5.32. The molecule has 1 aliphatic heterocycles. The van der Waals surface area contributed by atoms with Crippen LogP contribution in [-0.2, 0) is 9.47 Å². The van der Waals surface area contributed by atoms with Gasteiger partial charge >= 0.3 is 0 Å². The first-order chi connectivity index (χ1) is 15.7. The maximum atomic E-state index is 5.82. The van der Waals surface area contributed by atoms with Crippen LogP contribution in [0.25, 0.3) is 0 Å². The molecular formula is C28H40N2O2. The Bertz CT molecular complexity index is 772. The molecule has 4 heteroatoms. The van der Waals surface area contributed by atoms with Crippen LogP contribution in [0.1, 0.15) is 64.4 Å². The molecule has 1 aromatic rings. The molecule has 174 valence electrons. The lowest BCUT2D eigenvalue weighted by molar-refractivity contribution is -0.162. The Kier molecular flexibility index (Phi) is 13.3. The minimum atomic E-state index is 0.00689. The molecule has 4 nitrogen and oxygen atoms in total. The third kappa shape index (κ3) is 10.8. The van der Waals surface area contributed by atoms with Crippen molar-refractivity contribution in [2.45, 2.75) is 65.1 Å². The first-order valence-electron chi connectivity index (χ1n) is 12.0. The standard InChI is InChI=1S/C28H40N2O2/c1-4-30-26(18-11-13-21-31-28-20-12-14-22-32-28)23-24(2)15-7-5-10-19-27(29-3)25-16-8-6-9-17-25/h4,6-10,15-19,24,28H,5,11-14,20-23H2,1-3H3/b15-7+,19-10-,26-18-,29-27?,30-4?. The lowest BCUT2D eigenvalue weighted by Gasteiger charge is -2.22. The Morgan fingerprint density at radius 1 is 1.22 bits per heavy atom. The van der Waals surface area contributed by atoms with E-state index in [1.807, 2.05) is 38.4 Å². The first-order valence-corrected chi connectivity index (χ1v) is 12.0. The summed E-state index contributed by atoms with van der Waals surface area (Å²) in [5.74, 6) is 0.443. The fraction of sp³-hybridized carbons (Fsp3) is 0.500. The second-order valence-corrected chi connectivity index (χ2v) is 8.11. The number of hydrogen-bond donors (Lipinski definition) is 0. The fourth-order valence-corrected chi connectivity index (χ4v) is 3.64. The Hall–Kier alpha value is -2.30. The molecule has 32 heavy (non-hydrogen) atoms. The van der Waals surface area contributed by atoms with Gasteiger partial charge in [-0.2, -0.15) is 0 Å². The van der Waals surface area contributed by atoms with Crippen LogP contribution in [0.2, 0.25) is 0 Å². The second kappa shape index (κ2) is 16.3. The van der Waals surface area contributed by atoms with E-state index in [9.17, 15) is 0 Å². The molecule has 1 fully saturated rings. The van der Waals surface area contributed by atoms with E-state index in [1.54, 1.807) is 0 Å². The summed E-state index contributed by atoms with van der Waals surface area (Å²) < 4.78 is 11.4. The Balaban J connectivity index is 1.71. The van der Waals surface area contributed by atoms with Crippen molar-refractivity contribution in [2.75, 3.05) is 20.3 Å². The van der Waals surface area contributed by atoms with Crippen molar-refractivity contribution in [2.24, 2.45) is 15.9 Å². The third-order valence-corrected chi connectivity index (χ3v) is 5.32. The normalized spacial score (nSPS) is 19.4. The zero-order valence-electron chi connectivity index (χ0n) is 20.1. The van der Waals surface area contributed by atoms with E-state index in [2.05, 4.69) is 59.4 Å². The van der Waals surface area contributed by atoms with E-state index in [-0.39, 0.29) is 6.29 Å². The molecule has 1 heterocycles. The summed E-state index contributed by atoms with van der Waals surface area (Å²) in [4.78, 5) is 8.96. The number of benzene rings is 1. The molecule has 1 aliphatic rings. The van der Waals surface area contributed by atoms with Crippen LogP contribution in [0.15, 0.2) is 76.4 Å². The second-order valence-electron chi connectivity index (χ2n) is 8.11. The van der Waals surface area contributed by atoms with Crippen LogP contribution < -0.4 is 0 Å². The number of aliphatic imine (C=N–C) groups is 2. The predicted molar refractivity (Wildman–Crippen MR) is 137 cm³/mol. The van der Waals surface area contributed by atoms with Crippen LogP contribution >= 0.6 is 0 Å². The van der Waals surface area contributed by atoms with Crippen LogP contribution in [0, 0.1) is 5.92 Å². The molecule has 2 unspecified atom stereocenters. The average Bonchev–Trinajstić information content (AvgIpc) is 2.82. The topological polar surface area (TPSA) is 43.2 Å². The first kappa shape index (κ1) is 26.0. The molecule has 0 aromatic heterocycles. The van der Waals surface area contributed by atoms with Crippen molar-refractivity contribution >= 4 is 11.9 Å². The summed E-state index contributed by atoms with van der Waals surface area (Å²) in [5, 5.41) is 0. The van der Waals surface area contributed by atoms with E-state index < -0.39 is 0 Å². The highest BCUT2D eigenvalue weighted by molar-refractivity contribution is 6.08. The van der Waals surface area contributed by atoms with Gasteiger partial charge in [-0.1, -0.05) is 61.6 Å². The smallest absolute Gasteiger partial charge is 0.157 e. The van der Waals surface area contributed by atoms with Gasteiger partial charge in [0.1, 0.15) is 0 Å². The van der Waals surface area contributed by atoms with E-state index >= 15 is 0 Å². The van der Waals surface area contributed by atoms with Gasteiger partial charge in [0.05, 0.1) is 12.3 Å². The number of ether oxygens (including phenoxy) is 2. The van der Waals surface area contributed by atoms with Gasteiger partial charge < -0.3 is 9.47 Å². The molecule has 2 rings (SSSR count). The van der Waals surface area contributed by atoms with Crippen LogP contribution in [0.3, 0.4) is 0 Å². The number of rotatable bonds is 13. The van der Waals surface area contributed by atoms with Gasteiger partial charge in [-0.15, -0.1) is 0 Å². The summed E-state index contributed by atoms with van der Waals surface area (Å²) >= 11 is 0. The zero-order valence-corrected chi connectivity index (χ0v) is 20.1. The van der Waals surface area contributed by atoms with Crippen molar-refractivity contribution < 1.29 is 9.47 Å². The van der Waals surface area contributed by atoms with E-state index in [1.165, 1.54) is 6.42 Å². The van der Waals surface area contributed by atoms with Crippen LogP contribution in [-0.4, -0.2) is 38.5 Å². The van der Waals surface area contributed by atoms with Crippen molar-refractivity contribution in [3.05, 3.63) is 72.0 Å². The molecule has 0 radical (unpaired) electrons. The van der Waals surface area contributed by atoms with Gasteiger partial charge in [0.2, 0.25) is 0 Å². The summed E-state index contributed by atoms with van der Waals surface area (Å²) in [7, 11) is 1.84. The highest BCUT2D eigenvalue weighted by atomic mass is 16.7. The molecule has 0 saturated carbocycles.